The molecule has 1 fully saturated rings. The lowest BCUT2D eigenvalue weighted by Gasteiger charge is -2.30. The number of nitrogens with zero attached hydrogens (tertiary/aromatic N) is 4. The lowest BCUT2D eigenvalue weighted by Crippen LogP contribution is -2.44. The molecule has 1 atom stereocenters. The van der Waals surface area contributed by atoms with Gasteiger partial charge in [0.2, 0.25) is 5.95 Å². The zero-order valence-corrected chi connectivity index (χ0v) is 13.5. The standard InChI is InChI=1S/C15H23FN4O2/c1-15(2,3)22-14(21)20-7-5-6-12(20)10-19(4)13-17-8-11(16)9-18-13/h8-9,12H,5-7,10H2,1-4H3/t12-/m0/s1. The fourth-order valence-electron chi connectivity index (χ4n) is 2.49. The van der Waals surface area contributed by atoms with Crippen molar-refractivity contribution in [1.29, 1.82) is 0 Å². The Bertz CT molecular complexity index is 515. The predicted octanol–water partition coefficient (Wildman–Crippen LogP) is 2.45. The minimum absolute atomic E-state index is 0.0495. The summed E-state index contributed by atoms with van der Waals surface area (Å²) in [6.45, 7) is 6.85. The quantitative estimate of drug-likeness (QED) is 0.858. The number of hydrogen-bond donors (Lipinski definition) is 0. The first kappa shape index (κ1) is 16.5. The Hall–Kier alpha value is -1.92. The maximum Gasteiger partial charge on any atom is 0.410 e. The van der Waals surface area contributed by atoms with Gasteiger partial charge in [0.1, 0.15) is 5.60 Å². The third-order valence-corrected chi connectivity index (χ3v) is 3.44. The molecule has 1 aromatic rings. The number of rotatable bonds is 3. The van der Waals surface area contributed by atoms with Crippen LogP contribution in [-0.4, -0.2) is 52.7 Å². The molecule has 1 aliphatic heterocycles. The molecule has 0 unspecified atom stereocenters. The van der Waals surface area contributed by atoms with Crippen LogP contribution in [0.5, 0.6) is 0 Å². The molecule has 0 saturated carbocycles. The SMILES string of the molecule is CN(C[C@@H]1CCCN1C(=O)OC(C)(C)C)c1ncc(F)cn1. The molecule has 122 valence electrons. The van der Waals surface area contributed by atoms with Crippen LogP contribution in [0, 0.1) is 5.82 Å². The lowest BCUT2D eigenvalue weighted by molar-refractivity contribution is 0.0231. The molecule has 2 rings (SSSR count). The second-order valence-corrected chi connectivity index (χ2v) is 6.55. The van der Waals surface area contributed by atoms with Crippen molar-refractivity contribution in [2.24, 2.45) is 0 Å². The average Bonchev–Trinajstić information content (AvgIpc) is 2.85. The first-order valence-electron chi connectivity index (χ1n) is 7.44. The van der Waals surface area contributed by atoms with Gasteiger partial charge in [-0.2, -0.15) is 0 Å². The monoisotopic (exact) mass is 310 g/mol. The molecule has 6 nitrogen and oxygen atoms in total. The molecule has 0 aromatic carbocycles. The Morgan fingerprint density at radius 2 is 2.09 bits per heavy atom. The van der Waals surface area contributed by atoms with Crippen molar-refractivity contribution in [2.45, 2.75) is 45.3 Å². The second kappa shape index (κ2) is 6.46. The maximum atomic E-state index is 12.9. The zero-order valence-electron chi connectivity index (χ0n) is 13.5. The van der Waals surface area contributed by atoms with Crippen molar-refractivity contribution >= 4 is 12.0 Å². The van der Waals surface area contributed by atoms with Crippen LogP contribution in [-0.2, 0) is 4.74 Å². The highest BCUT2D eigenvalue weighted by Gasteiger charge is 2.33. The second-order valence-electron chi connectivity index (χ2n) is 6.55. The maximum absolute atomic E-state index is 12.9. The van der Waals surface area contributed by atoms with Crippen molar-refractivity contribution in [3.63, 3.8) is 0 Å². The van der Waals surface area contributed by atoms with E-state index in [1.54, 1.807) is 4.90 Å². The Kier molecular flexibility index (Phi) is 4.83. The van der Waals surface area contributed by atoms with Crippen LogP contribution in [0.1, 0.15) is 33.6 Å². The number of halogens is 1. The molecular formula is C15H23FN4O2. The number of hydrogen-bond acceptors (Lipinski definition) is 5. The number of amides is 1. The third-order valence-electron chi connectivity index (χ3n) is 3.44. The molecule has 22 heavy (non-hydrogen) atoms. The van der Waals surface area contributed by atoms with Gasteiger partial charge < -0.3 is 14.5 Å². The van der Waals surface area contributed by atoms with Crippen molar-refractivity contribution < 1.29 is 13.9 Å². The van der Waals surface area contributed by atoms with E-state index in [-0.39, 0.29) is 12.1 Å². The fourth-order valence-corrected chi connectivity index (χ4v) is 2.49. The highest BCUT2D eigenvalue weighted by molar-refractivity contribution is 5.69. The molecule has 1 saturated heterocycles. The Morgan fingerprint density at radius 1 is 1.45 bits per heavy atom. The summed E-state index contributed by atoms with van der Waals surface area (Å²) in [6, 6.07) is 0.0495. The largest absolute Gasteiger partial charge is 0.444 e. The van der Waals surface area contributed by atoms with Crippen molar-refractivity contribution in [2.75, 3.05) is 25.0 Å². The van der Waals surface area contributed by atoms with E-state index >= 15 is 0 Å². The summed E-state index contributed by atoms with van der Waals surface area (Å²) in [7, 11) is 1.83. The average molecular weight is 310 g/mol. The fraction of sp³-hybridized carbons (Fsp3) is 0.667. The number of anilines is 1. The summed E-state index contributed by atoms with van der Waals surface area (Å²) in [4.78, 5) is 23.7. The minimum atomic E-state index is -0.504. The molecule has 0 bridgehead atoms. The van der Waals surface area contributed by atoms with Gasteiger partial charge >= 0.3 is 6.09 Å². The number of carbonyl (C=O) groups is 1. The normalized spacial score (nSPS) is 18.4. The Morgan fingerprint density at radius 3 is 2.68 bits per heavy atom. The van der Waals surface area contributed by atoms with Crippen LogP contribution in [0.4, 0.5) is 15.1 Å². The van der Waals surface area contributed by atoms with Crippen LogP contribution in [0.15, 0.2) is 12.4 Å². The topological polar surface area (TPSA) is 58.6 Å². The molecule has 1 amide bonds. The minimum Gasteiger partial charge on any atom is -0.444 e. The number of ether oxygens (including phenoxy) is 1. The van der Waals surface area contributed by atoms with Gasteiger partial charge in [0, 0.05) is 20.1 Å². The molecule has 2 heterocycles. The van der Waals surface area contributed by atoms with E-state index in [4.69, 9.17) is 4.74 Å². The van der Waals surface area contributed by atoms with Gasteiger partial charge in [0.25, 0.3) is 0 Å². The highest BCUT2D eigenvalue weighted by atomic mass is 19.1. The summed E-state index contributed by atoms with van der Waals surface area (Å²) >= 11 is 0. The van der Waals surface area contributed by atoms with Crippen molar-refractivity contribution in [1.82, 2.24) is 14.9 Å². The number of likely N-dealkylation sites (N-methyl/N-ethyl adjacent to an activating group) is 1. The van der Waals surface area contributed by atoms with E-state index in [1.165, 1.54) is 0 Å². The van der Waals surface area contributed by atoms with Crippen molar-refractivity contribution in [3.05, 3.63) is 18.2 Å². The summed E-state index contributed by atoms with van der Waals surface area (Å²) in [5, 5.41) is 0. The molecule has 7 heteroatoms. The van der Waals surface area contributed by atoms with Crippen LogP contribution >= 0.6 is 0 Å². The van der Waals surface area contributed by atoms with Gasteiger partial charge in [-0.3, -0.25) is 0 Å². The van der Waals surface area contributed by atoms with Gasteiger partial charge in [0.15, 0.2) is 5.82 Å². The number of aromatic nitrogens is 2. The van der Waals surface area contributed by atoms with E-state index in [1.807, 2.05) is 32.7 Å². The van der Waals surface area contributed by atoms with E-state index in [0.29, 0.717) is 19.0 Å². The summed E-state index contributed by atoms with van der Waals surface area (Å²) < 4.78 is 18.3. The van der Waals surface area contributed by atoms with Crippen LogP contribution in [0.2, 0.25) is 0 Å². The number of carbonyl (C=O) groups excluding carboxylic acids is 1. The first-order chi connectivity index (χ1) is 10.3. The molecule has 0 aliphatic carbocycles. The molecule has 0 spiro atoms. The Labute approximate surface area is 130 Å². The molecular weight excluding hydrogens is 287 g/mol. The Balaban J connectivity index is 1.98. The lowest BCUT2D eigenvalue weighted by atomic mass is 10.2. The first-order valence-corrected chi connectivity index (χ1v) is 7.44. The highest BCUT2D eigenvalue weighted by Crippen LogP contribution is 2.22. The van der Waals surface area contributed by atoms with Gasteiger partial charge in [0.05, 0.1) is 18.4 Å². The van der Waals surface area contributed by atoms with E-state index in [0.717, 1.165) is 25.2 Å². The molecule has 1 aliphatic rings. The molecule has 0 N–H and O–H groups in total. The van der Waals surface area contributed by atoms with Gasteiger partial charge in [-0.05, 0) is 33.6 Å². The number of likely N-dealkylation sites (tertiary alicyclic amines) is 1. The van der Waals surface area contributed by atoms with Crippen LogP contribution in [0.3, 0.4) is 0 Å². The summed E-state index contributed by atoms with van der Waals surface area (Å²) in [5.41, 5.74) is -0.504. The van der Waals surface area contributed by atoms with Gasteiger partial charge in [-0.25, -0.2) is 19.2 Å². The third kappa shape index (κ3) is 4.29. The molecule has 1 aromatic heterocycles. The zero-order chi connectivity index (χ0) is 16.3. The summed E-state index contributed by atoms with van der Waals surface area (Å²) in [6.07, 6.45) is 3.84. The van der Waals surface area contributed by atoms with Gasteiger partial charge in [-0.15, -0.1) is 0 Å². The van der Waals surface area contributed by atoms with Gasteiger partial charge in [-0.1, -0.05) is 0 Å². The predicted molar refractivity (Wildman–Crippen MR) is 81.2 cm³/mol. The van der Waals surface area contributed by atoms with Crippen LogP contribution in [0.25, 0.3) is 0 Å². The van der Waals surface area contributed by atoms with E-state index in [9.17, 15) is 9.18 Å². The summed E-state index contributed by atoms with van der Waals surface area (Å²) in [5.74, 6) is -0.0224. The van der Waals surface area contributed by atoms with E-state index in [2.05, 4.69) is 9.97 Å². The van der Waals surface area contributed by atoms with Crippen LogP contribution < -0.4 is 4.90 Å². The van der Waals surface area contributed by atoms with Crippen molar-refractivity contribution in [3.8, 4) is 0 Å². The molecule has 0 radical (unpaired) electrons. The van der Waals surface area contributed by atoms with E-state index < -0.39 is 11.4 Å². The smallest absolute Gasteiger partial charge is 0.410 e.